The van der Waals surface area contributed by atoms with Crippen molar-refractivity contribution in [2.45, 2.75) is 77.9 Å². The van der Waals surface area contributed by atoms with Crippen molar-refractivity contribution in [1.29, 1.82) is 0 Å². The minimum Gasteiger partial charge on any atom is -0.468 e. The number of ether oxygens (including phenoxy) is 3. The van der Waals surface area contributed by atoms with Crippen LogP contribution in [0.15, 0.2) is 0 Å². The van der Waals surface area contributed by atoms with Crippen LogP contribution in [0.4, 0.5) is 5.82 Å². The van der Waals surface area contributed by atoms with Gasteiger partial charge in [0.05, 0.1) is 19.3 Å². The van der Waals surface area contributed by atoms with Gasteiger partial charge in [0.15, 0.2) is 17.0 Å². The predicted octanol–water partition coefficient (Wildman–Crippen LogP) is 3.97. The Morgan fingerprint density at radius 2 is 2.03 bits per heavy atom. The summed E-state index contributed by atoms with van der Waals surface area (Å²) in [4.78, 5) is 13.3. The van der Waals surface area contributed by atoms with Crippen LogP contribution in [0.5, 0.6) is 12.0 Å². The molecule has 1 unspecified atom stereocenters. The van der Waals surface area contributed by atoms with Gasteiger partial charge in [-0.2, -0.15) is 15.0 Å². The molecule has 8 heteroatoms. The van der Waals surface area contributed by atoms with Gasteiger partial charge in [0.1, 0.15) is 0 Å². The average molecular weight is 406 g/mol. The Hall–Kier alpha value is -2.09. The van der Waals surface area contributed by atoms with Crippen molar-refractivity contribution in [3.05, 3.63) is 0 Å². The molecule has 2 N–H and O–H groups in total. The Balaban J connectivity index is 1.65. The fourth-order valence-electron chi connectivity index (χ4n) is 4.02. The van der Waals surface area contributed by atoms with E-state index in [2.05, 4.69) is 35.7 Å². The summed E-state index contributed by atoms with van der Waals surface area (Å²) < 4.78 is 18.9. The number of rotatable bonds is 10. The van der Waals surface area contributed by atoms with Crippen LogP contribution < -0.4 is 15.2 Å². The van der Waals surface area contributed by atoms with Gasteiger partial charge in [-0.3, -0.25) is 4.57 Å². The highest BCUT2D eigenvalue weighted by molar-refractivity contribution is 5.83. The maximum Gasteiger partial charge on any atom is 0.320 e. The van der Waals surface area contributed by atoms with Gasteiger partial charge in [0.2, 0.25) is 0 Å². The first kappa shape index (κ1) is 21.6. The van der Waals surface area contributed by atoms with E-state index in [1.54, 1.807) is 7.11 Å². The molecule has 0 amide bonds. The van der Waals surface area contributed by atoms with Crippen molar-refractivity contribution in [2.75, 3.05) is 26.1 Å². The van der Waals surface area contributed by atoms with E-state index in [4.69, 9.17) is 19.9 Å². The average Bonchev–Trinajstić information content (AvgIpc) is 3.03. The molecule has 3 heterocycles. The van der Waals surface area contributed by atoms with Crippen molar-refractivity contribution >= 4 is 17.0 Å². The van der Waals surface area contributed by atoms with E-state index in [1.807, 2.05) is 4.57 Å². The number of nitrogen functional groups attached to an aromatic ring is 1. The Morgan fingerprint density at radius 3 is 2.76 bits per heavy atom. The summed E-state index contributed by atoms with van der Waals surface area (Å²) in [6, 6.07) is 0.815. The summed E-state index contributed by atoms with van der Waals surface area (Å²) in [5.41, 5.74) is 7.35. The normalized spacial score (nSPS) is 18.8. The number of hydrogen-bond donors (Lipinski definition) is 1. The van der Waals surface area contributed by atoms with Crippen molar-refractivity contribution < 1.29 is 14.2 Å². The van der Waals surface area contributed by atoms with Crippen LogP contribution in [-0.4, -0.2) is 45.4 Å². The van der Waals surface area contributed by atoms with Gasteiger partial charge in [0.25, 0.3) is 6.01 Å². The van der Waals surface area contributed by atoms with Crippen LogP contribution in [-0.2, 0) is 11.3 Å². The zero-order valence-corrected chi connectivity index (χ0v) is 18.2. The van der Waals surface area contributed by atoms with Crippen LogP contribution in [0, 0.1) is 5.92 Å². The van der Waals surface area contributed by atoms with Gasteiger partial charge in [0, 0.05) is 13.2 Å². The number of methoxy groups -OCH3 is 1. The molecular formula is C21H35N5O3. The van der Waals surface area contributed by atoms with E-state index in [-0.39, 0.29) is 5.60 Å². The largest absolute Gasteiger partial charge is 0.468 e. The quantitative estimate of drug-likeness (QED) is 0.597. The Kier molecular flexibility index (Phi) is 7.16. The summed E-state index contributed by atoms with van der Waals surface area (Å²) in [5, 5.41) is 0. The van der Waals surface area contributed by atoms with Crippen molar-refractivity contribution in [2.24, 2.45) is 5.92 Å². The number of anilines is 1. The SMILES string of the molecule is CCCCOc1nc(N)c2nc(OC)n(CCCCC3CCOC(C)(C)C3)c2n1. The van der Waals surface area contributed by atoms with Crippen LogP contribution in [0.3, 0.4) is 0 Å². The lowest BCUT2D eigenvalue weighted by atomic mass is 9.85. The van der Waals surface area contributed by atoms with Crippen LogP contribution in [0.25, 0.3) is 11.2 Å². The van der Waals surface area contributed by atoms with E-state index >= 15 is 0 Å². The predicted molar refractivity (Wildman–Crippen MR) is 113 cm³/mol. The lowest BCUT2D eigenvalue weighted by molar-refractivity contribution is -0.0738. The van der Waals surface area contributed by atoms with Gasteiger partial charge in [-0.05, 0) is 45.4 Å². The van der Waals surface area contributed by atoms with E-state index in [0.717, 1.165) is 57.6 Å². The molecule has 0 spiro atoms. The fourth-order valence-corrected chi connectivity index (χ4v) is 4.02. The third-order valence-electron chi connectivity index (χ3n) is 5.52. The molecule has 2 aromatic rings. The maximum absolute atomic E-state index is 6.10. The van der Waals surface area contributed by atoms with Crippen molar-refractivity contribution in [1.82, 2.24) is 19.5 Å². The van der Waals surface area contributed by atoms with E-state index in [1.165, 1.54) is 6.42 Å². The fraction of sp³-hybridized carbons (Fsp3) is 0.762. The first-order valence-corrected chi connectivity index (χ1v) is 10.8. The molecule has 162 valence electrons. The molecule has 8 nitrogen and oxygen atoms in total. The second-order valence-corrected chi connectivity index (χ2v) is 8.48. The minimum atomic E-state index is 0.00924. The van der Waals surface area contributed by atoms with Gasteiger partial charge >= 0.3 is 6.01 Å². The van der Waals surface area contributed by atoms with Gasteiger partial charge in [-0.1, -0.05) is 26.2 Å². The first-order valence-electron chi connectivity index (χ1n) is 10.8. The lowest BCUT2D eigenvalue weighted by Gasteiger charge is -2.35. The van der Waals surface area contributed by atoms with Crippen molar-refractivity contribution in [3.8, 4) is 12.0 Å². The summed E-state index contributed by atoms with van der Waals surface area (Å²) in [7, 11) is 1.62. The molecule has 0 saturated carbocycles. The second-order valence-electron chi connectivity index (χ2n) is 8.48. The number of aromatic nitrogens is 4. The highest BCUT2D eigenvalue weighted by Gasteiger charge is 2.28. The molecular weight excluding hydrogens is 370 g/mol. The monoisotopic (exact) mass is 405 g/mol. The highest BCUT2D eigenvalue weighted by Crippen LogP contribution is 2.32. The van der Waals surface area contributed by atoms with Crippen molar-refractivity contribution in [3.63, 3.8) is 0 Å². The molecule has 1 atom stereocenters. The first-order chi connectivity index (χ1) is 13.9. The number of hydrogen-bond acceptors (Lipinski definition) is 7. The molecule has 0 aliphatic carbocycles. The second kappa shape index (κ2) is 9.61. The third-order valence-corrected chi connectivity index (χ3v) is 5.52. The molecule has 1 saturated heterocycles. The highest BCUT2D eigenvalue weighted by atomic mass is 16.5. The van der Waals surface area contributed by atoms with E-state index in [0.29, 0.717) is 35.6 Å². The summed E-state index contributed by atoms with van der Waals surface area (Å²) in [6.45, 7) is 8.71. The standard InChI is InChI=1S/C21H35N5O3/c1-5-6-12-28-19-24-17(22)16-18(25-19)26(20(23-16)27-4)11-8-7-9-15-10-13-29-21(2,3)14-15/h15H,5-14H2,1-4H3,(H2,22,24,25). The number of fused-ring (bicyclic) bond motifs is 1. The summed E-state index contributed by atoms with van der Waals surface area (Å²) in [6.07, 6.45) is 7.67. The van der Waals surface area contributed by atoms with Crippen LogP contribution >= 0.6 is 0 Å². The maximum atomic E-state index is 6.10. The minimum absolute atomic E-state index is 0.00924. The van der Waals surface area contributed by atoms with E-state index in [9.17, 15) is 0 Å². The Labute approximate surface area is 173 Å². The van der Waals surface area contributed by atoms with Crippen LogP contribution in [0.2, 0.25) is 0 Å². The number of aryl methyl sites for hydroxylation is 1. The molecule has 1 fully saturated rings. The topological polar surface area (TPSA) is 97.3 Å². The Bertz CT molecular complexity index is 805. The van der Waals surface area contributed by atoms with Gasteiger partial charge in [-0.15, -0.1) is 0 Å². The summed E-state index contributed by atoms with van der Waals surface area (Å²) >= 11 is 0. The van der Waals surface area contributed by atoms with Crippen LogP contribution in [0.1, 0.15) is 65.7 Å². The molecule has 29 heavy (non-hydrogen) atoms. The summed E-state index contributed by atoms with van der Waals surface area (Å²) in [5.74, 6) is 1.06. The zero-order chi connectivity index (χ0) is 20.9. The van der Waals surface area contributed by atoms with E-state index < -0.39 is 0 Å². The van der Waals surface area contributed by atoms with Gasteiger partial charge in [-0.25, -0.2) is 0 Å². The molecule has 0 radical (unpaired) electrons. The number of nitrogens with two attached hydrogens (primary N) is 1. The molecule has 0 aromatic carbocycles. The number of nitrogens with zero attached hydrogens (tertiary/aromatic N) is 4. The molecule has 1 aliphatic heterocycles. The number of unbranched alkanes of at least 4 members (excludes halogenated alkanes) is 2. The van der Waals surface area contributed by atoms with Gasteiger partial charge < -0.3 is 19.9 Å². The lowest BCUT2D eigenvalue weighted by Crippen LogP contribution is -2.33. The number of imidazole rings is 1. The molecule has 2 aromatic heterocycles. The molecule has 0 bridgehead atoms. The third kappa shape index (κ3) is 5.50. The molecule has 1 aliphatic rings. The Morgan fingerprint density at radius 1 is 1.21 bits per heavy atom. The smallest absolute Gasteiger partial charge is 0.320 e. The molecule has 3 rings (SSSR count). The zero-order valence-electron chi connectivity index (χ0n) is 18.2.